The molecule has 1 N–H and O–H groups in total. The summed E-state index contributed by atoms with van der Waals surface area (Å²) >= 11 is 25.2. The van der Waals surface area contributed by atoms with Crippen LogP contribution < -0.4 is 25.3 Å². The van der Waals surface area contributed by atoms with Crippen LogP contribution in [0, 0.1) is 11.6 Å². The van der Waals surface area contributed by atoms with Crippen molar-refractivity contribution < 1.29 is 28.1 Å². The third-order valence-electron chi connectivity index (χ3n) is 9.36. The van der Waals surface area contributed by atoms with E-state index >= 15 is 0 Å². The summed E-state index contributed by atoms with van der Waals surface area (Å²) in [5.74, 6) is 0.551. The molecule has 57 heavy (non-hydrogen) atoms. The molecule has 0 unspecified atom stereocenters. The maximum absolute atomic E-state index is 14.8. The fourth-order valence-electron chi connectivity index (χ4n) is 6.79. The number of hydrogen-bond donors (Lipinski definition) is 1. The number of fused-ring (bicyclic) bond motifs is 2. The van der Waals surface area contributed by atoms with Gasteiger partial charge in [0.2, 0.25) is 0 Å². The van der Waals surface area contributed by atoms with Crippen LogP contribution in [0.3, 0.4) is 0 Å². The quantitative estimate of drug-likeness (QED) is 0.164. The highest BCUT2D eigenvalue weighted by Gasteiger charge is 2.27. The van der Waals surface area contributed by atoms with Gasteiger partial charge in [0.1, 0.15) is 56.4 Å². The molecule has 10 nitrogen and oxygen atoms in total. The van der Waals surface area contributed by atoms with Crippen LogP contribution in [0.1, 0.15) is 39.5 Å². The molecule has 2 aliphatic heterocycles. The third kappa shape index (κ3) is 8.41. The molecule has 8 rings (SSSR count). The summed E-state index contributed by atoms with van der Waals surface area (Å²) in [5.41, 5.74) is -0.362. The van der Waals surface area contributed by atoms with E-state index in [0.717, 1.165) is 37.8 Å². The lowest BCUT2D eigenvalue weighted by Gasteiger charge is -2.17. The molecule has 0 spiro atoms. The molecular formula is C41H36Cl4F2N4O6. The molecule has 0 amide bonds. The highest BCUT2D eigenvalue weighted by molar-refractivity contribution is 6.34. The molecular weight excluding hydrogens is 824 g/mol. The summed E-state index contributed by atoms with van der Waals surface area (Å²) in [5, 5.41) is 10.1. The van der Waals surface area contributed by atoms with E-state index in [1.807, 2.05) is 19.9 Å². The molecule has 4 aromatic carbocycles. The second-order valence-electron chi connectivity index (χ2n) is 13.7. The van der Waals surface area contributed by atoms with Gasteiger partial charge in [0, 0.05) is 49.4 Å². The maximum atomic E-state index is 14.8. The Morgan fingerprint density at radius 1 is 0.596 bits per heavy atom. The average molecular weight is 861 g/mol. The van der Waals surface area contributed by atoms with Crippen molar-refractivity contribution in [2.45, 2.75) is 71.8 Å². The minimum absolute atomic E-state index is 0.0113. The lowest BCUT2D eigenvalue weighted by atomic mass is 10.1. The van der Waals surface area contributed by atoms with Gasteiger partial charge in [-0.2, -0.15) is 0 Å². The SMILES string of the molecule is CC(C)Oc1cccc(Oc2cc(-c3c(Cl)n4n(c3=O)CCCC4)c(F)cc2Cl)c1.O=c1c(-c2cc(Oc3cccc(O)c3)c(Cl)cc2F)c(Cl)n2n1CCCC2. The summed E-state index contributed by atoms with van der Waals surface area (Å²) in [7, 11) is 0. The highest BCUT2D eigenvalue weighted by Crippen LogP contribution is 2.40. The molecule has 298 valence electrons. The highest BCUT2D eigenvalue weighted by atomic mass is 35.5. The van der Waals surface area contributed by atoms with Gasteiger partial charge in [-0.1, -0.05) is 58.5 Å². The van der Waals surface area contributed by atoms with Crippen LogP contribution in [0.15, 0.2) is 82.4 Å². The number of benzene rings is 4. The smallest absolute Gasteiger partial charge is 0.276 e. The van der Waals surface area contributed by atoms with Gasteiger partial charge in [-0.3, -0.25) is 19.0 Å². The average Bonchev–Trinajstić information content (AvgIpc) is 3.58. The van der Waals surface area contributed by atoms with E-state index in [-0.39, 0.29) is 77.1 Å². The van der Waals surface area contributed by atoms with Crippen molar-refractivity contribution in [1.29, 1.82) is 0 Å². The molecule has 2 aliphatic rings. The van der Waals surface area contributed by atoms with Gasteiger partial charge >= 0.3 is 0 Å². The van der Waals surface area contributed by atoms with E-state index in [4.69, 9.17) is 60.6 Å². The molecule has 0 radical (unpaired) electrons. The fraction of sp³-hybridized carbons (Fsp3) is 0.268. The number of phenolic OH excluding ortho intramolecular Hbond substituents is 1. The lowest BCUT2D eigenvalue weighted by Crippen LogP contribution is -2.27. The Bertz CT molecular complexity index is 2600. The summed E-state index contributed by atoms with van der Waals surface area (Å²) < 4.78 is 53.2. The molecule has 0 fully saturated rings. The minimum Gasteiger partial charge on any atom is -0.508 e. The first kappa shape index (κ1) is 40.3. The molecule has 0 bridgehead atoms. The zero-order valence-electron chi connectivity index (χ0n) is 30.7. The zero-order chi connectivity index (χ0) is 40.5. The predicted octanol–water partition coefficient (Wildman–Crippen LogP) is 11.2. The number of nitrogens with zero attached hydrogens (tertiary/aromatic N) is 4. The molecule has 0 saturated heterocycles. The Morgan fingerprint density at radius 3 is 1.46 bits per heavy atom. The van der Waals surface area contributed by atoms with Gasteiger partial charge in [0.05, 0.1) is 27.3 Å². The van der Waals surface area contributed by atoms with Crippen molar-refractivity contribution in [2.75, 3.05) is 0 Å². The standard InChI is InChI=1S/C22H21Cl2FN2O3.C19H15Cl2FN2O3/c1-13(2)29-14-6-5-7-15(10-14)30-19-11-16(18(25)12-17(19)23)20-21(24)26-8-3-4-9-27(26)22(20)28;20-14-10-15(22)13(9-16(14)27-12-5-3-4-11(25)8-12)17-18(21)23-6-1-2-7-24(23)19(17)26/h5-7,10-13H,3-4,8-9H2,1-2H3;3-5,8-10,25H,1-2,6-7H2. The van der Waals surface area contributed by atoms with Crippen LogP contribution in [-0.4, -0.2) is 29.9 Å². The molecule has 0 atom stereocenters. The Hall–Kier alpha value is -4.88. The number of rotatable bonds is 8. The summed E-state index contributed by atoms with van der Waals surface area (Å²) in [6, 6.07) is 18.2. The number of ether oxygens (including phenoxy) is 3. The number of aromatic nitrogens is 4. The van der Waals surface area contributed by atoms with Crippen LogP contribution in [0.5, 0.6) is 34.5 Å². The van der Waals surface area contributed by atoms with Gasteiger partial charge in [-0.15, -0.1) is 0 Å². The van der Waals surface area contributed by atoms with Crippen molar-refractivity contribution in [3.05, 3.63) is 125 Å². The summed E-state index contributed by atoms with van der Waals surface area (Å²) in [4.78, 5) is 25.7. The van der Waals surface area contributed by atoms with Gasteiger partial charge < -0.3 is 19.3 Å². The van der Waals surface area contributed by atoms with Gasteiger partial charge in [-0.25, -0.2) is 18.1 Å². The van der Waals surface area contributed by atoms with Crippen molar-refractivity contribution in [2.24, 2.45) is 0 Å². The van der Waals surface area contributed by atoms with Gasteiger partial charge in [-0.05, 0) is 88.1 Å². The Balaban J connectivity index is 0.000000175. The molecule has 16 heteroatoms. The molecule has 4 heterocycles. The zero-order valence-corrected chi connectivity index (χ0v) is 33.7. The van der Waals surface area contributed by atoms with Crippen LogP contribution in [0.2, 0.25) is 20.4 Å². The van der Waals surface area contributed by atoms with E-state index in [1.54, 1.807) is 44.4 Å². The number of phenols is 1. The first-order chi connectivity index (χ1) is 27.3. The van der Waals surface area contributed by atoms with Crippen molar-refractivity contribution >= 4 is 46.4 Å². The predicted molar refractivity (Wildman–Crippen MR) is 217 cm³/mol. The molecule has 0 aliphatic carbocycles. The molecule has 6 aromatic rings. The Labute approximate surface area is 345 Å². The second-order valence-corrected chi connectivity index (χ2v) is 15.2. The van der Waals surface area contributed by atoms with E-state index in [1.165, 1.54) is 28.9 Å². The van der Waals surface area contributed by atoms with Crippen molar-refractivity contribution in [3.8, 4) is 56.8 Å². The number of halogens is 6. The van der Waals surface area contributed by atoms with E-state index in [9.17, 15) is 23.5 Å². The van der Waals surface area contributed by atoms with Gasteiger partial charge in [0.25, 0.3) is 11.1 Å². The summed E-state index contributed by atoms with van der Waals surface area (Å²) in [6.45, 7) is 6.18. The van der Waals surface area contributed by atoms with Crippen LogP contribution in [0.25, 0.3) is 22.3 Å². The monoisotopic (exact) mass is 858 g/mol. The maximum Gasteiger partial charge on any atom is 0.276 e. The Morgan fingerprint density at radius 2 is 1.02 bits per heavy atom. The minimum atomic E-state index is -0.661. The number of aromatic hydroxyl groups is 1. The lowest BCUT2D eigenvalue weighted by molar-refractivity contribution is 0.241. The second kappa shape index (κ2) is 16.9. The normalized spacial score (nSPS) is 13.4. The van der Waals surface area contributed by atoms with E-state index in [0.29, 0.717) is 43.4 Å². The van der Waals surface area contributed by atoms with E-state index < -0.39 is 11.6 Å². The van der Waals surface area contributed by atoms with Crippen molar-refractivity contribution in [1.82, 2.24) is 18.7 Å². The number of hydrogen-bond acceptors (Lipinski definition) is 6. The topological polar surface area (TPSA) is 102 Å². The van der Waals surface area contributed by atoms with Crippen molar-refractivity contribution in [3.63, 3.8) is 0 Å². The first-order valence-corrected chi connectivity index (χ1v) is 19.7. The molecule has 2 aromatic heterocycles. The molecule has 0 saturated carbocycles. The van der Waals surface area contributed by atoms with Crippen LogP contribution in [0.4, 0.5) is 8.78 Å². The summed E-state index contributed by atoms with van der Waals surface area (Å²) in [6.07, 6.45) is 3.58. The third-order valence-corrected chi connectivity index (χ3v) is 10.7. The largest absolute Gasteiger partial charge is 0.508 e. The van der Waals surface area contributed by atoms with E-state index in [2.05, 4.69) is 0 Å². The fourth-order valence-corrected chi connectivity index (χ4v) is 7.88. The van der Waals surface area contributed by atoms with Crippen LogP contribution in [-0.2, 0) is 26.2 Å². The first-order valence-electron chi connectivity index (χ1n) is 18.2. The van der Waals surface area contributed by atoms with Crippen LogP contribution >= 0.6 is 46.4 Å². The van der Waals surface area contributed by atoms with Gasteiger partial charge in [0.15, 0.2) is 0 Å². The Kier molecular flexibility index (Phi) is 12.0.